The van der Waals surface area contributed by atoms with Gasteiger partial charge in [-0.05, 0) is 49.0 Å². The van der Waals surface area contributed by atoms with Crippen molar-refractivity contribution in [3.63, 3.8) is 0 Å². The Hall–Kier alpha value is -1.44. The van der Waals surface area contributed by atoms with Crippen LogP contribution in [0.3, 0.4) is 0 Å². The summed E-state index contributed by atoms with van der Waals surface area (Å²) in [4.78, 5) is 12.0. The lowest BCUT2D eigenvalue weighted by molar-refractivity contribution is -0.115. The van der Waals surface area contributed by atoms with E-state index in [2.05, 4.69) is 6.08 Å². The predicted molar refractivity (Wildman–Crippen MR) is 66.3 cm³/mol. The highest BCUT2D eigenvalue weighted by molar-refractivity contribution is 5.96. The summed E-state index contributed by atoms with van der Waals surface area (Å²) in [5.41, 5.74) is 1.70. The Morgan fingerprint density at radius 1 is 1.24 bits per heavy atom. The summed E-state index contributed by atoms with van der Waals surface area (Å²) in [6.07, 6.45) is 7.75. The Labute approximate surface area is 101 Å². The zero-order valence-electron chi connectivity index (χ0n) is 9.92. The molecule has 2 heteroatoms. The summed E-state index contributed by atoms with van der Waals surface area (Å²) in [5.74, 6) is -0.123. The summed E-state index contributed by atoms with van der Waals surface area (Å²) in [6.45, 7) is 0. The largest absolute Gasteiger partial charge is 0.294 e. The maximum Gasteiger partial charge on any atom is 0.162 e. The molecule has 17 heavy (non-hydrogen) atoms. The maximum atomic E-state index is 13.0. The Balaban J connectivity index is 2.03. The number of rotatable bonds is 3. The van der Waals surface area contributed by atoms with E-state index in [1.54, 1.807) is 12.1 Å². The molecule has 0 heterocycles. The number of halogens is 1. The van der Waals surface area contributed by atoms with E-state index in [9.17, 15) is 9.18 Å². The van der Waals surface area contributed by atoms with Crippen molar-refractivity contribution in [3.8, 4) is 0 Å². The average Bonchev–Trinajstić information content (AvgIpc) is 2.57. The topological polar surface area (TPSA) is 17.1 Å². The van der Waals surface area contributed by atoms with E-state index in [0.29, 0.717) is 6.42 Å². The average molecular weight is 232 g/mol. The monoisotopic (exact) mass is 232 g/mol. The number of benzene rings is 1. The number of Topliss-reactive ketones (excluding diaryl/α,β-unsaturated/α-hetero) is 1. The molecule has 0 saturated heterocycles. The molecule has 2 rings (SSSR count). The van der Waals surface area contributed by atoms with E-state index in [4.69, 9.17) is 0 Å². The van der Waals surface area contributed by atoms with E-state index in [1.165, 1.54) is 25.0 Å². The molecule has 90 valence electrons. The Morgan fingerprint density at radius 3 is 2.94 bits per heavy atom. The number of carbonyl (C=O) groups excluding carboxylic acids is 1. The van der Waals surface area contributed by atoms with Crippen LogP contribution in [0.4, 0.5) is 4.39 Å². The molecule has 1 nitrogen and oxygen atoms in total. The minimum Gasteiger partial charge on any atom is -0.294 e. The van der Waals surface area contributed by atoms with Crippen molar-refractivity contribution < 1.29 is 9.18 Å². The van der Waals surface area contributed by atoms with Gasteiger partial charge in [0.2, 0.25) is 0 Å². The van der Waals surface area contributed by atoms with Gasteiger partial charge in [-0.1, -0.05) is 24.6 Å². The van der Waals surface area contributed by atoms with Crippen LogP contribution in [0.25, 0.3) is 0 Å². The first-order chi connectivity index (χ1) is 8.25. The molecule has 0 saturated carbocycles. The van der Waals surface area contributed by atoms with Crippen molar-refractivity contribution in [1.29, 1.82) is 0 Å². The first kappa shape index (κ1) is 12.0. The molecule has 0 bridgehead atoms. The number of ketones is 1. The molecule has 0 aromatic heterocycles. The first-order valence-electron chi connectivity index (χ1n) is 6.22. The number of allylic oxidation sites excluding steroid dienone is 2. The Bertz CT molecular complexity index is 434. The third kappa shape index (κ3) is 3.52. The molecule has 0 aliphatic heterocycles. The van der Waals surface area contributed by atoms with Gasteiger partial charge in [0.15, 0.2) is 5.78 Å². The minimum absolute atomic E-state index is 0.150. The van der Waals surface area contributed by atoms with E-state index in [-0.39, 0.29) is 11.6 Å². The predicted octanol–water partition coefficient (Wildman–Crippen LogP) is 3.83. The zero-order chi connectivity index (χ0) is 12.1. The maximum absolute atomic E-state index is 13.0. The second-order valence-corrected chi connectivity index (χ2v) is 4.56. The van der Waals surface area contributed by atoms with Crippen molar-refractivity contribution in [2.75, 3.05) is 0 Å². The van der Waals surface area contributed by atoms with Gasteiger partial charge in [0.25, 0.3) is 0 Å². The van der Waals surface area contributed by atoms with E-state index in [0.717, 1.165) is 30.4 Å². The SMILES string of the molecule is O=C(Cc1cccc(F)c1)C1=CCCCCC1. The number of hydrogen-bond donors (Lipinski definition) is 0. The van der Waals surface area contributed by atoms with Gasteiger partial charge in [-0.2, -0.15) is 0 Å². The van der Waals surface area contributed by atoms with Crippen LogP contribution >= 0.6 is 0 Å². The van der Waals surface area contributed by atoms with Crippen LogP contribution in [0.15, 0.2) is 35.9 Å². The van der Waals surface area contributed by atoms with E-state index < -0.39 is 0 Å². The summed E-state index contributed by atoms with van der Waals surface area (Å²) in [6, 6.07) is 6.30. The molecule has 0 radical (unpaired) electrons. The first-order valence-corrected chi connectivity index (χ1v) is 6.22. The summed E-state index contributed by atoms with van der Waals surface area (Å²) in [7, 11) is 0. The summed E-state index contributed by atoms with van der Waals surface area (Å²) < 4.78 is 13.0. The number of carbonyl (C=O) groups is 1. The lowest BCUT2D eigenvalue weighted by atomic mass is 10.00. The van der Waals surface area contributed by atoms with Crippen molar-refractivity contribution in [3.05, 3.63) is 47.3 Å². The van der Waals surface area contributed by atoms with Crippen molar-refractivity contribution >= 4 is 5.78 Å². The molecule has 0 amide bonds. The van der Waals surface area contributed by atoms with Crippen LogP contribution in [0.1, 0.15) is 37.7 Å². The fourth-order valence-corrected chi connectivity index (χ4v) is 2.21. The van der Waals surface area contributed by atoms with Gasteiger partial charge in [0.1, 0.15) is 5.82 Å². The molecule has 0 atom stereocenters. The van der Waals surface area contributed by atoms with Crippen molar-refractivity contribution in [2.24, 2.45) is 0 Å². The molecule has 1 aliphatic carbocycles. The smallest absolute Gasteiger partial charge is 0.162 e. The molecule has 1 aromatic carbocycles. The number of hydrogen-bond acceptors (Lipinski definition) is 1. The van der Waals surface area contributed by atoms with Crippen LogP contribution in [-0.4, -0.2) is 5.78 Å². The Kier molecular flexibility index (Phi) is 4.08. The lowest BCUT2D eigenvalue weighted by Gasteiger charge is -2.04. The minimum atomic E-state index is -0.273. The quantitative estimate of drug-likeness (QED) is 0.774. The third-order valence-electron chi connectivity index (χ3n) is 3.15. The van der Waals surface area contributed by atoms with Crippen molar-refractivity contribution in [1.82, 2.24) is 0 Å². The summed E-state index contributed by atoms with van der Waals surface area (Å²) >= 11 is 0. The zero-order valence-corrected chi connectivity index (χ0v) is 9.92. The van der Waals surface area contributed by atoms with Gasteiger partial charge in [-0.25, -0.2) is 4.39 Å². The highest BCUT2D eigenvalue weighted by Crippen LogP contribution is 2.19. The molecule has 1 aromatic rings. The van der Waals surface area contributed by atoms with Gasteiger partial charge < -0.3 is 0 Å². The molecule has 0 fully saturated rings. The van der Waals surface area contributed by atoms with Crippen LogP contribution in [0.5, 0.6) is 0 Å². The molecule has 0 spiro atoms. The van der Waals surface area contributed by atoms with E-state index in [1.807, 2.05) is 0 Å². The van der Waals surface area contributed by atoms with Gasteiger partial charge in [-0.3, -0.25) is 4.79 Å². The Morgan fingerprint density at radius 2 is 2.12 bits per heavy atom. The lowest BCUT2D eigenvalue weighted by Crippen LogP contribution is -2.06. The molecule has 1 aliphatic rings. The van der Waals surface area contributed by atoms with Crippen LogP contribution in [-0.2, 0) is 11.2 Å². The van der Waals surface area contributed by atoms with Gasteiger partial charge in [-0.15, -0.1) is 0 Å². The third-order valence-corrected chi connectivity index (χ3v) is 3.15. The highest BCUT2D eigenvalue weighted by Gasteiger charge is 2.12. The normalized spacial score (nSPS) is 16.2. The molecular weight excluding hydrogens is 215 g/mol. The summed E-state index contributed by atoms with van der Waals surface area (Å²) in [5, 5.41) is 0. The van der Waals surface area contributed by atoms with Gasteiger partial charge in [0.05, 0.1) is 0 Å². The second-order valence-electron chi connectivity index (χ2n) is 4.56. The molecular formula is C15H17FO. The highest BCUT2D eigenvalue weighted by atomic mass is 19.1. The molecule has 0 unspecified atom stereocenters. The second kappa shape index (κ2) is 5.76. The van der Waals surface area contributed by atoms with E-state index >= 15 is 0 Å². The fourth-order valence-electron chi connectivity index (χ4n) is 2.21. The fraction of sp³-hybridized carbons (Fsp3) is 0.400. The standard InChI is InChI=1S/C15H17FO/c16-14-9-5-6-12(10-14)11-15(17)13-7-3-1-2-4-8-13/h5-7,9-10H,1-4,8,11H2. The van der Waals surface area contributed by atoms with Crippen LogP contribution < -0.4 is 0 Å². The van der Waals surface area contributed by atoms with Crippen molar-refractivity contribution in [2.45, 2.75) is 38.5 Å². The van der Waals surface area contributed by atoms with Crippen LogP contribution in [0, 0.1) is 5.82 Å². The van der Waals surface area contributed by atoms with Gasteiger partial charge >= 0.3 is 0 Å². The molecule has 0 N–H and O–H groups in total. The van der Waals surface area contributed by atoms with Gasteiger partial charge in [0, 0.05) is 6.42 Å². The van der Waals surface area contributed by atoms with Crippen LogP contribution in [0.2, 0.25) is 0 Å².